The van der Waals surface area contributed by atoms with Crippen LogP contribution in [0.4, 0.5) is 4.79 Å². The molecule has 1 atom stereocenters. The van der Waals surface area contributed by atoms with Gasteiger partial charge in [-0.15, -0.1) is 0 Å². The topological polar surface area (TPSA) is 87.5 Å². The third kappa shape index (κ3) is 3.42. The molecule has 8 nitrogen and oxygen atoms in total. The van der Waals surface area contributed by atoms with Crippen molar-refractivity contribution in [1.29, 1.82) is 0 Å². The molecule has 0 spiro atoms. The summed E-state index contributed by atoms with van der Waals surface area (Å²) in [6.07, 6.45) is 7.59. The number of piperidine rings is 1. The first-order valence-electron chi connectivity index (χ1n) is 8.41. The maximum atomic E-state index is 12.6. The van der Waals surface area contributed by atoms with Gasteiger partial charge in [-0.25, -0.2) is 9.78 Å². The molecule has 2 fully saturated rings. The largest absolute Gasteiger partial charge is 0.338 e. The number of urea groups is 1. The highest BCUT2D eigenvalue weighted by molar-refractivity contribution is 6.04. The zero-order chi connectivity index (χ0) is 17.1. The van der Waals surface area contributed by atoms with Crippen LogP contribution in [-0.4, -0.2) is 62.9 Å². The van der Waals surface area contributed by atoms with Crippen molar-refractivity contribution in [3.8, 4) is 0 Å². The summed E-state index contributed by atoms with van der Waals surface area (Å²) >= 11 is 0. The Kier molecular flexibility index (Phi) is 4.82. The molecule has 0 radical (unpaired) electrons. The van der Waals surface area contributed by atoms with E-state index in [9.17, 15) is 14.4 Å². The summed E-state index contributed by atoms with van der Waals surface area (Å²) < 4.78 is 2.08. The van der Waals surface area contributed by atoms with Crippen molar-refractivity contribution in [2.75, 3.05) is 19.6 Å². The Morgan fingerprint density at radius 1 is 1.38 bits per heavy atom. The number of rotatable bonds is 5. The first-order valence-corrected chi connectivity index (χ1v) is 8.41. The van der Waals surface area contributed by atoms with E-state index in [0.29, 0.717) is 6.54 Å². The molecule has 1 aromatic rings. The average molecular weight is 333 g/mol. The molecule has 0 bridgehead atoms. The first-order chi connectivity index (χ1) is 11.6. The Morgan fingerprint density at radius 3 is 2.88 bits per heavy atom. The van der Waals surface area contributed by atoms with Crippen LogP contribution in [0, 0.1) is 6.92 Å². The fourth-order valence-electron chi connectivity index (χ4n) is 3.40. The Bertz CT molecular complexity index is 625. The van der Waals surface area contributed by atoms with Gasteiger partial charge in [0, 0.05) is 31.5 Å². The smallest absolute Gasteiger partial charge is 0.325 e. The molecule has 3 heterocycles. The molecule has 3 rings (SSSR count). The van der Waals surface area contributed by atoms with Gasteiger partial charge in [0.1, 0.15) is 12.4 Å². The second-order valence-corrected chi connectivity index (χ2v) is 6.33. The van der Waals surface area contributed by atoms with Crippen LogP contribution in [-0.2, 0) is 16.1 Å². The second kappa shape index (κ2) is 7.02. The molecule has 0 saturated carbocycles. The van der Waals surface area contributed by atoms with E-state index in [1.807, 2.05) is 18.0 Å². The summed E-state index contributed by atoms with van der Waals surface area (Å²) in [5.41, 5.74) is 0. The third-order valence-corrected chi connectivity index (χ3v) is 4.80. The van der Waals surface area contributed by atoms with Crippen LogP contribution in [0.3, 0.4) is 0 Å². The minimum Gasteiger partial charge on any atom is -0.338 e. The van der Waals surface area contributed by atoms with Crippen molar-refractivity contribution in [2.45, 2.75) is 45.2 Å². The summed E-state index contributed by atoms with van der Waals surface area (Å²) in [4.78, 5) is 43.0. The number of aromatic nitrogens is 2. The fourth-order valence-corrected chi connectivity index (χ4v) is 3.40. The number of amides is 4. The van der Waals surface area contributed by atoms with E-state index in [2.05, 4.69) is 14.9 Å². The van der Waals surface area contributed by atoms with Crippen LogP contribution in [0.15, 0.2) is 12.4 Å². The van der Waals surface area contributed by atoms with Crippen molar-refractivity contribution in [1.82, 2.24) is 24.7 Å². The molecule has 2 aliphatic rings. The average Bonchev–Trinajstić information content (AvgIpc) is 3.13. The number of carbonyl (C=O) groups excluding carboxylic acids is 3. The van der Waals surface area contributed by atoms with Gasteiger partial charge in [0.25, 0.3) is 5.91 Å². The van der Waals surface area contributed by atoms with Crippen molar-refractivity contribution < 1.29 is 14.4 Å². The Labute approximate surface area is 140 Å². The molecule has 1 aromatic heterocycles. The van der Waals surface area contributed by atoms with E-state index in [-0.39, 0.29) is 30.9 Å². The zero-order valence-electron chi connectivity index (χ0n) is 13.9. The lowest BCUT2D eigenvalue weighted by molar-refractivity contribution is -0.139. The Hall–Kier alpha value is -2.38. The number of hydrogen-bond acceptors (Lipinski definition) is 4. The van der Waals surface area contributed by atoms with Gasteiger partial charge in [0.2, 0.25) is 5.91 Å². The molecular weight excluding hydrogens is 310 g/mol. The Balaban J connectivity index is 1.61. The maximum absolute atomic E-state index is 12.6. The van der Waals surface area contributed by atoms with Crippen molar-refractivity contribution >= 4 is 17.8 Å². The first kappa shape index (κ1) is 16.5. The number of aryl methyl sites for hydroxylation is 2. The SMILES string of the molecule is Cc1nccn1CC[C@@H]1CCCCN1C(=O)CN1C(=O)CNC1=O. The normalized spacial score (nSPS) is 21.3. The van der Waals surface area contributed by atoms with Gasteiger partial charge < -0.3 is 14.8 Å². The summed E-state index contributed by atoms with van der Waals surface area (Å²) in [6.45, 7) is 3.28. The van der Waals surface area contributed by atoms with Crippen molar-refractivity contribution in [2.24, 2.45) is 0 Å². The predicted molar refractivity (Wildman–Crippen MR) is 86.0 cm³/mol. The zero-order valence-corrected chi connectivity index (χ0v) is 13.9. The summed E-state index contributed by atoms with van der Waals surface area (Å²) in [6, 6.07) is -0.329. The quantitative estimate of drug-likeness (QED) is 0.796. The fraction of sp³-hybridized carbons (Fsp3) is 0.625. The van der Waals surface area contributed by atoms with Crippen LogP contribution >= 0.6 is 0 Å². The standard InChI is InChI=1S/C16H23N5O3/c1-12-17-6-9-19(12)8-5-13-4-2-3-7-20(13)15(23)11-21-14(22)10-18-16(21)24/h6,9,13H,2-5,7-8,10-11H2,1H3,(H,18,24)/t13-/m0/s1. The molecule has 130 valence electrons. The molecule has 1 N–H and O–H groups in total. The molecule has 2 saturated heterocycles. The van der Waals surface area contributed by atoms with E-state index in [1.54, 1.807) is 6.20 Å². The van der Waals surface area contributed by atoms with Gasteiger partial charge in [0.05, 0.1) is 6.54 Å². The van der Waals surface area contributed by atoms with E-state index < -0.39 is 6.03 Å². The highest BCUT2D eigenvalue weighted by atomic mass is 16.2. The lowest BCUT2D eigenvalue weighted by Crippen LogP contribution is -2.49. The number of hydrogen-bond donors (Lipinski definition) is 1. The van der Waals surface area contributed by atoms with Crippen LogP contribution in [0.5, 0.6) is 0 Å². The molecule has 8 heteroatoms. The number of likely N-dealkylation sites (tertiary alicyclic amines) is 1. The molecule has 0 unspecified atom stereocenters. The van der Waals surface area contributed by atoms with Crippen molar-refractivity contribution in [3.05, 3.63) is 18.2 Å². The predicted octanol–water partition coefficient (Wildman–Crippen LogP) is 0.515. The van der Waals surface area contributed by atoms with E-state index in [4.69, 9.17) is 0 Å². The van der Waals surface area contributed by atoms with E-state index in [1.165, 1.54) is 0 Å². The van der Waals surface area contributed by atoms with Crippen LogP contribution < -0.4 is 5.32 Å². The minimum atomic E-state index is -0.476. The lowest BCUT2D eigenvalue weighted by atomic mass is 9.99. The number of nitrogens with zero attached hydrogens (tertiary/aromatic N) is 4. The molecule has 4 amide bonds. The van der Waals surface area contributed by atoms with Gasteiger partial charge in [-0.3, -0.25) is 14.5 Å². The molecule has 0 aliphatic carbocycles. The minimum absolute atomic E-state index is 0.0184. The monoisotopic (exact) mass is 333 g/mol. The number of imide groups is 1. The van der Waals surface area contributed by atoms with Gasteiger partial charge in [0.15, 0.2) is 0 Å². The number of carbonyl (C=O) groups is 3. The molecule has 24 heavy (non-hydrogen) atoms. The number of imidazole rings is 1. The summed E-state index contributed by atoms with van der Waals surface area (Å²) in [7, 11) is 0. The molecule has 2 aliphatic heterocycles. The Morgan fingerprint density at radius 2 is 2.21 bits per heavy atom. The third-order valence-electron chi connectivity index (χ3n) is 4.80. The second-order valence-electron chi connectivity index (χ2n) is 6.33. The number of nitrogens with one attached hydrogen (secondary N) is 1. The van der Waals surface area contributed by atoms with Crippen LogP contribution in [0.1, 0.15) is 31.5 Å². The highest BCUT2D eigenvalue weighted by Gasteiger charge is 2.34. The maximum Gasteiger partial charge on any atom is 0.325 e. The van der Waals surface area contributed by atoms with Gasteiger partial charge >= 0.3 is 6.03 Å². The van der Waals surface area contributed by atoms with Gasteiger partial charge in [-0.1, -0.05) is 0 Å². The van der Waals surface area contributed by atoms with Gasteiger partial charge in [-0.2, -0.15) is 0 Å². The molecule has 0 aromatic carbocycles. The molecular formula is C16H23N5O3. The lowest BCUT2D eigenvalue weighted by Gasteiger charge is -2.36. The van der Waals surface area contributed by atoms with Gasteiger partial charge in [-0.05, 0) is 32.6 Å². The van der Waals surface area contributed by atoms with E-state index >= 15 is 0 Å². The highest BCUT2D eigenvalue weighted by Crippen LogP contribution is 2.21. The van der Waals surface area contributed by atoms with Crippen LogP contribution in [0.2, 0.25) is 0 Å². The van der Waals surface area contributed by atoms with Crippen molar-refractivity contribution in [3.63, 3.8) is 0 Å². The summed E-state index contributed by atoms with van der Waals surface area (Å²) in [5.74, 6) is 0.478. The summed E-state index contributed by atoms with van der Waals surface area (Å²) in [5, 5.41) is 2.45. The van der Waals surface area contributed by atoms with Crippen LogP contribution in [0.25, 0.3) is 0 Å². The van der Waals surface area contributed by atoms with E-state index in [0.717, 1.165) is 43.0 Å².